The van der Waals surface area contributed by atoms with E-state index in [1.807, 2.05) is 0 Å². The molecule has 0 aliphatic heterocycles. The lowest BCUT2D eigenvalue weighted by atomic mass is 10.2. The van der Waals surface area contributed by atoms with Crippen LogP contribution in [0.4, 0.5) is 4.39 Å². The number of fused-ring (bicyclic) bond motifs is 1. The van der Waals surface area contributed by atoms with E-state index in [0.29, 0.717) is 14.9 Å². The Morgan fingerprint density at radius 3 is 2.57 bits per heavy atom. The predicted octanol–water partition coefficient (Wildman–Crippen LogP) is 3.54. The van der Waals surface area contributed by atoms with Crippen LogP contribution in [0.2, 0.25) is 4.34 Å². The van der Waals surface area contributed by atoms with Crippen LogP contribution in [0.1, 0.15) is 10.4 Å². The molecule has 21 heavy (non-hydrogen) atoms. The number of halogens is 2. The van der Waals surface area contributed by atoms with Crippen molar-refractivity contribution in [1.29, 1.82) is 0 Å². The maximum absolute atomic E-state index is 13.0. The number of aromatic nitrogens is 1. The van der Waals surface area contributed by atoms with Gasteiger partial charge < -0.3 is 9.67 Å². The minimum Gasteiger partial charge on any atom is -0.477 e. The highest BCUT2D eigenvalue weighted by Crippen LogP contribution is 2.29. The molecule has 4 nitrogen and oxygen atoms in total. The molecule has 0 aliphatic carbocycles. The van der Waals surface area contributed by atoms with Crippen LogP contribution in [-0.4, -0.2) is 15.6 Å². The van der Waals surface area contributed by atoms with Gasteiger partial charge in [-0.1, -0.05) is 11.6 Å². The topological polar surface area (TPSA) is 59.3 Å². The van der Waals surface area contributed by atoms with Crippen molar-refractivity contribution in [1.82, 2.24) is 4.57 Å². The van der Waals surface area contributed by atoms with Gasteiger partial charge in [-0.05, 0) is 30.3 Å². The molecule has 2 heterocycles. The summed E-state index contributed by atoms with van der Waals surface area (Å²) in [5.41, 5.74) is -0.400. The second kappa shape index (κ2) is 4.98. The number of rotatable bonds is 2. The SMILES string of the molecule is O=C(O)c1cn(-c2ccc(F)cc2)c2sc(Cl)cc2c1=O. The number of carbonyl (C=O) groups is 1. The van der Waals surface area contributed by atoms with Crippen LogP contribution in [-0.2, 0) is 0 Å². The molecule has 7 heteroatoms. The van der Waals surface area contributed by atoms with Crippen LogP contribution >= 0.6 is 22.9 Å². The van der Waals surface area contributed by atoms with E-state index in [-0.39, 0.29) is 10.9 Å². The molecule has 0 aliphatic rings. The lowest BCUT2D eigenvalue weighted by molar-refractivity contribution is 0.0695. The monoisotopic (exact) mass is 323 g/mol. The summed E-state index contributed by atoms with van der Waals surface area (Å²) < 4.78 is 14.9. The Labute approximate surface area is 126 Å². The molecule has 0 bridgehead atoms. The molecule has 0 fully saturated rings. The summed E-state index contributed by atoms with van der Waals surface area (Å²) in [6.07, 6.45) is 1.23. The fourth-order valence-corrected chi connectivity index (χ4v) is 3.24. The van der Waals surface area contributed by atoms with Crippen LogP contribution in [0, 0.1) is 5.82 Å². The number of benzene rings is 1. The molecule has 0 radical (unpaired) electrons. The van der Waals surface area contributed by atoms with E-state index in [1.165, 1.54) is 41.1 Å². The van der Waals surface area contributed by atoms with Crippen molar-refractivity contribution in [3.8, 4) is 5.69 Å². The van der Waals surface area contributed by atoms with Gasteiger partial charge >= 0.3 is 5.97 Å². The molecular weight excluding hydrogens is 317 g/mol. The summed E-state index contributed by atoms with van der Waals surface area (Å²) in [5.74, 6) is -1.72. The third-order valence-electron chi connectivity index (χ3n) is 2.98. The zero-order valence-corrected chi connectivity index (χ0v) is 11.9. The summed E-state index contributed by atoms with van der Waals surface area (Å²) in [4.78, 5) is 23.8. The second-order valence-corrected chi connectivity index (χ2v) is 5.95. The van der Waals surface area contributed by atoms with Crippen molar-refractivity contribution in [2.75, 3.05) is 0 Å². The van der Waals surface area contributed by atoms with Gasteiger partial charge in [-0.15, -0.1) is 11.3 Å². The third-order valence-corrected chi connectivity index (χ3v) is 4.25. The van der Waals surface area contributed by atoms with Gasteiger partial charge in [0, 0.05) is 11.9 Å². The quantitative estimate of drug-likeness (QED) is 0.784. The highest BCUT2D eigenvalue weighted by Gasteiger charge is 2.17. The van der Waals surface area contributed by atoms with Crippen LogP contribution < -0.4 is 5.43 Å². The average Bonchev–Trinajstić information content (AvgIpc) is 2.82. The molecule has 0 atom stereocenters. The van der Waals surface area contributed by atoms with Crippen LogP contribution in [0.25, 0.3) is 15.9 Å². The fourth-order valence-electron chi connectivity index (χ4n) is 2.03. The first-order valence-corrected chi connectivity index (χ1v) is 7.01. The minimum absolute atomic E-state index is 0.231. The van der Waals surface area contributed by atoms with Gasteiger partial charge in [-0.25, -0.2) is 9.18 Å². The summed E-state index contributed by atoms with van der Waals surface area (Å²) in [5, 5.41) is 9.38. The van der Waals surface area contributed by atoms with E-state index in [0.717, 1.165) is 11.3 Å². The van der Waals surface area contributed by atoms with Crippen LogP contribution in [0.15, 0.2) is 41.3 Å². The number of thiophene rings is 1. The van der Waals surface area contributed by atoms with E-state index < -0.39 is 17.2 Å². The Morgan fingerprint density at radius 2 is 1.95 bits per heavy atom. The van der Waals surface area contributed by atoms with Crippen LogP contribution in [0.5, 0.6) is 0 Å². The van der Waals surface area contributed by atoms with E-state index in [2.05, 4.69) is 0 Å². The maximum atomic E-state index is 13.0. The molecule has 3 aromatic rings. The van der Waals surface area contributed by atoms with Crippen molar-refractivity contribution in [2.45, 2.75) is 0 Å². The van der Waals surface area contributed by atoms with Gasteiger partial charge in [-0.3, -0.25) is 4.79 Å². The summed E-state index contributed by atoms with van der Waals surface area (Å²) in [6.45, 7) is 0. The number of hydrogen-bond acceptors (Lipinski definition) is 3. The molecule has 0 unspecified atom stereocenters. The Kier molecular flexibility index (Phi) is 3.27. The van der Waals surface area contributed by atoms with E-state index in [9.17, 15) is 14.0 Å². The maximum Gasteiger partial charge on any atom is 0.341 e. The normalized spacial score (nSPS) is 11.0. The lowest BCUT2D eigenvalue weighted by Crippen LogP contribution is -2.17. The summed E-state index contributed by atoms with van der Waals surface area (Å²) in [7, 11) is 0. The molecule has 3 rings (SSSR count). The lowest BCUT2D eigenvalue weighted by Gasteiger charge is -2.09. The number of carboxylic acid groups (broad SMARTS) is 1. The van der Waals surface area contributed by atoms with Gasteiger partial charge in [-0.2, -0.15) is 0 Å². The fraction of sp³-hybridized carbons (Fsp3) is 0. The highest BCUT2D eigenvalue weighted by atomic mass is 35.5. The van der Waals surface area contributed by atoms with Gasteiger partial charge in [0.15, 0.2) is 0 Å². The molecule has 1 N–H and O–H groups in total. The number of aromatic carboxylic acids is 1. The first-order chi connectivity index (χ1) is 9.97. The first-order valence-electron chi connectivity index (χ1n) is 5.81. The number of carboxylic acids is 1. The molecule has 2 aromatic heterocycles. The average molecular weight is 324 g/mol. The van der Waals surface area contributed by atoms with Crippen molar-refractivity contribution < 1.29 is 14.3 Å². The van der Waals surface area contributed by atoms with E-state index >= 15 is 0 Å². The van der Waals surface area contributed by atoms with E-state index in [4.69, 9.17) is 16.7 Å². The van der Waals surface area contributed by atoms with Crippen molar-refractivity contribution in [3.63, 3.8) is 0 Å². The molecular formula is C14H7ClFNO3S. The Balaban J connectivity index is 2.40. The molecule has 106 valence electrons. The second-order valence-electron chi connectivity index (χ2n) is 4.29. The zero-order valence-electron chi connectivity index (χ0n) is 10.3. The van der Waals surface area contributed by atoms with Gasteiger partial charge in [0.25, 0.3) is 0 Å². The predicted molar refractivity (Wildman–Crippen MR) is 79.3 cm³/mol. The minimum atomic E-state index is -1.32. The van der Waals surface area contributed by atoms with Crippen molar-refractivity contribution >= 4 is 39.1 Å². The largest absolute Gasteiger partial charge is 0.477 e. The van der Waals surface area contributed by atoms with Gasteiger partial charge in [0.2, 0.25) is 5.43 Å². The molecule has 0 saturated heterocycles. The van der Waals surface area contributed by atoms with Crippen molar-refractivity contribution in [3.05, 3.63) is 62.5 Å². The molecule has 0 saturated carbocycles. The highest BCUT2D eigenvalue weighted by molar-refractivity contribution is 7.22. The van der Waals surface area contributed by atoms with Crippen LogP contribution in [0.3, 0.4) is 0 Å². The van der Waals surface area contributed by atoms with Gasteiger partial charge in [0.05, 0.1) is 9.72 Å². The molecule has 1 aromatic carbocycles. The standard InChI is InChI=1S/C14H7ClFNO3S/c15-11-5-9-12(18)10(14(19)20)6-17(13(9)21-11)8-3-1-7(16)2-4-8/h1-6H,(H,19,20). The van der Waals surface area contributed by atoms with Gasteiger partial charge in [0.1, 0.15) is 16.2 Å². The summed E-state index contributed by atoms with van der Waals surface area (Å²) >= 11 is 7.08. The molecule has 0 spiro atoms. The van der Waals surface area contributed by atoms with E-state index in [1.54, 1.807) is 0 Å². The summed E-state index contributed by atoms with van der Waals surface area (Å²) in [6, 6.07) is 6.96. The third kappa shape index (κ3) is 2.32. The molecule has 0 amide bonds. The zero-order chi connectivity index (χ0) is 15.1. The Hall–Kier alpha value is -2.18. The number of hydrogen-bond donors (Lipinski definition) is 1. The Morgan fingerprint density at radius 1 is 1.29 bits per heavy atom. The number of pyridine rings is 1. The smallest absolute Gasteiger partial charge is 0.341 e. The number of nitrogens with zero attached hydrogens (tertiary/aromatic N) is 1. The van der Waals surface area contributed by atoms with Crippen molar-refractivity contribution in [2.24, 2.45) is 0 Å². The Bertz CT molecular complexity index is 914. The first kappa shape index (κ1) is 13.8.